The number of fused-ring (bicyclic) bond motifs is 3. The third kappa shape index (κ3) is 12.2. The molecular formula is C37H43F3N4O9. The molecule has 3 amide bonds. The molecule has 13 nitrogen and oxygen atoms in total. The molecule has 1 fully saturated rings. The number of allylic oxidation sites excluding steroid dienone is 2. The molecule has 3 heterocycles. The van der Waals surface area contributed by atoms with Gasteiger partial charge in [0.15, 0.2) is 5.69 Å². The Bertz CT molecular complexity index is 1720. The number of aliphatic hydroxyl groups excluding tert-OH is 1. The summed E-state index contributed by atoms with van der Waals surface area (Å²) in [5, 5.41) is 15.4. The Balaban J connectivity index is 1.48. The van der Waals surface area contributed by atoms with Crippen LogP contribution in [0.5, 0.6) is 0 Å². The SMILES string of the molecule is CC1=C\[C@@H](O)CC(=O)Cc2nc(co2)C(=O)N2CCC[C@@H]2C(=O)O[C@H]([C@H](C)CCOC(=O)Nc2ccc(C(F)(F)F)cc2)[C@H](C)/C=C/C(=O)NC\C=C\1. The number of hydrogen-bond acceptors (Lipinski definition) is 10. The summed E-state index contributed by atoms with van der Waals surface area (Å²) in [5.41, 5.74) is -0.198. The van der Waals surface area contributed by atoms with Crippen molar-refractivity contribution >= 4 is 35.3 Å². The highest BCUT2D eigenvalue weighted by atomic mass is 19.4. The van der Waals surface area contributed by atoms with Gasteiger partial charge >= 0.3 is 18.2 Å². The molecule has 0 aliphatic carbocycles. The van der Waals surface area contributed by atoms with Crippen molar-refractivity contribution in [2.75, 3.05) is 25.0 Å². The maximum atomic E-state index is 13.7. The molecule has 16 heteroatoms. The molecule has 2 aromatic rings. The fraction of sp³-hybridized carbons (Fsp3) is 0.459. The van der Waals surface area contributed by atoms with Crippen LogP contribution in [-0.2, 0) is 36.5 Å². The predicted molar refractivity (Wildman–Crippen MR) is 184 cm³/mol. The number of amides is 3. The van der Waals surface area contributed by atoms with Crippen LogP contribution >= 0.6 is 0 Å². The number of benzene rings is 1. The van der Waals surface area contributed by atoms with E-state index in [-0.39, 0.29) is 62.0 Å². The Morgan fingerprint density at radius 3 is 2.62 bits per heavy atom. The first kappa shape index (κ1) is 40.5. The molecule has 5 atom stereocenters. The van der Waals surface area contributed by atoms with Crippen LogP contribution in [0.1, 0.15) is 68.4 Å². The maximum Gasteiger partial charge on any atom is 0.416 e. The number of ether oxygens (including phenoxy) is 2. The molecule has 3 N–H and O–H groups in total. The number of anilines is 1. The van der Waals surface area contributed by atoms with Crippen molar-refractivity contribution in [2.45, 2.75) is 77.3 Å². The molecule has 0 radical (unpaired) electrons. The van der Waals surface area contributed by atoms with E-state index in [1.165, 1.54) is 17.1 Å². The summed E-state index contributed by atoms with van der Waals surface area (Å²) >= 11 is 0. The van der Waals surface area contributed by atoms with Gasteiger partial charge in [0.1, 0.15) is 24.2 Å². The lowest BCUT2D eigenvalue weighted by molar-refractivity contribution is -0.158. The molecule has 2 bridgehead atoms. The number of halogens is 3. The molecule has 286 valence electrons. The second-order valence-electron chi connectivity index (χ2n) is 13.0. The minimum Gasteiger partial charge on any atom is -0.460 e. The van der Waals surface area contributed by atoms with E-state index < -0.39 is 65.7 Å². The number of carbonyl (C=O) groups excluding carboxylic acids is 5. The third-order valence-electron chi connectivity index (χ3n) is 8.72. The minimum atomic E-state index is -4.52. The zero-order chi connectivity index (χ0) is 38.7. The lowest BCUT2D eigenvalue weighted by Crippen LogP contribution is -2.44. The fourth-order valence-corrected chi connectivity index (χ4v) is 5.95. The van der Waals surface area contributed by atoms with Crippen LogP contribution in [0.15, 0.2) is 70.9 Å². The number of carbonyl (C=O) groups is 5. The van der Waals surface area contributed by atoms with Gasteiger partial charge < -0.3 is 29.2 Å². The highest BCUT2D eigenvalue weighted by Gasteiger charge is 2.39. The summed E-state index contributed by atoms with van der Waals surface area (Å²) in [7, 11) is 0. The van der Waals surface area contributed by atoms with Gasteiger partial charge in [-0.05, 0) is 62.4 Å². The molecule has 4 rings (SSSR count). The van der Waals surface area contributed by atoms with Gasteiger partial charge in [-0.2, -0.15) is 13.2 Å². The lowest BCUT2D eigenvalue weighted by Gasteiger charge is -2.31. The Kier molecular flexibility index (Phi) is 14.1. The van der Waals surface area contributed by atoms with Crippen molar-refractivity contribution in [1.82, 2.24) is 15.2 Å². The topological polar surface area (TPSA) is 177 Å². The van der Waals surface area contributed by atoms with E-state index in [0.717, 1.165) is 30.5 Å². The van der Waals surface area contributed by atoms with Crippen molar-refractivity contribution < 1.29 is 56.1 Å². The molecule has 53 heavy (non-hydrogen) atoms. The summed E-state index contributed by atoms with van der Waals surface area (Å²) in [5.74, 6) is -3.04. The van der Waals surface area contributed by atoms with Gasteiger partial charge in [-0.1, -0.05) is 43.7 Å². The number of esters is 1. The normalized spacial score (nSPS) is 25.3. The van der Waals surface area contributed by atoms with Gasteiger partial charge in [-0.15, -0.1) is 0 Å². The van der Waals surface area contributed by atoms with Gasteiger partial charge in [-0.3, -0.25) is 19.7 Å². The number of Topliss-reactive ketones (excluding diaryl/α,β-unsaturated/α-hetero) is 1. The number of aliphatic hydroxyl groups is 1. The Labute approximate surface area is 304 Å². The van der Waals surface area contributed by atoms with Gasteiger partial charge in [0.05, 0.1) is 24.7 Å². The number of nitrogens with zero attached hydrogens (tertiary/aromatic N) is 2. The Morgan fingerprint density at radius 2 is 1.91 bits per heavy atom. The number of nitrogens with one attached hydrogen (secondary N) is 2. The van der Waals surface area contributed by atoms with E-state index in [1.54, 1.807) is 39.0 Å². The quantitative estimate of drug-likeness (QED) is 0.346. The van der Waals surface area contributed by atoms with Crippen LogP contribution in [0.2, 0.25) is 0 Å². The molecule has 0 saturated carbocycles. The van der Waals surface area contributed by atoms with Crippen LogP contribution in [0, 0.1) is 11.8 Å². The number of aromatic nitrogens is 1. The molecule has 0 spiro atoms. The number of alkyl halides is 3. The molecular weight excluding hydrogens is 701 g/mol. The van der Waals surface area contributed by atoms with Crippen LogP contribution in [0.4, 0.5) is 23.7 Å². The smallest absolute Gasteiger partial charge is 0.416 e. The summed E-state index contributed by atoms with van der Waals surface area (Å²) in [6, 6.07) is 2.91. The molecule has 0 unspecified atom stereocenters. The zero-order valence-electron chi connectivity index (χ0n) is 29.6. The van der Waals surface area contributed by atoms with Crippen molar-refractivity contribution in [3.8, 4) is 0 Å². The first-order valence-electron chi connectivity index (χ1n) is 17.2. The average molecular weight is 745 g/mol. The molecule has 1 saturated heterocycles. The first-order valence-corrected chi connectivity index (χ1v) is 17.2. The Morgan fingerprint density at radius 1 is 1.17 bits per heavy atom. The standard InChI is InChI=1S/C37H43F3N4O9/c1-22-6-4-15-41-31(47)13-8-23(2)33(24(3)14-17-51-36(50)42-26-11-9-25(10-12-26)37(38,39)40)53-35(49)30-7-5-16-44(30)34(48)29-21-52-32(43-29)20-28(46)19-27(45)18-22/h4,6,8-13,18,21,23-24,27,30,33,45H,5,7,14-17,19-20H2,1-3H3,(H,41,47)(H,42,50)/b6-4+,13-8+,22-18+/t23-,24-,27-,30-,33+/m1/s1. The highest BCUT2D eigenvalue weighted by Crippen LogP contribution is 2.30. The number of oxazole rings is 1. The van der Waals surface area contributed by atoms with E-state index >= 15 is 0 Å². The number of hydrogen-bond donors (Lipinski definition) is 3. The second-order valence-corrected chi connectivity index (χ2v) is 13.0. The van der Waals surface area contributed by atoms with Crippen molar-refractivity contribution in [3.05, 3.63) is 83.6 Å². The minimum absolute atomic E-state index is 0.0108. The summed E-state index contributed by atoms with van der Waals surface area (Å²) < 4.78 is 55.2. The van der Waals surface area contributed by atoms with Crippen molar-refractivity contribution in [2.24, 2.45) is 11.8 Å². The Hall–Kier alpha value is -5.25. The molecule has 2 aliphatic rings. The van der Waals surface area contributed by atoms with Gasteiger partial charge in [-0.25, -0.2) is 14.6 Å². The van der Waals surface area contributed by atoms with Crippen molar-refractivity contribution in [1.29, 1.82) is 0 Å². The van der Waals surface area contributed by atoms with Crippen LogP contribution in [0.25, 0.3) is 0 Å². The van der Waals surface area contributed by atoms with E-state index in [9.17, 15) is 42.3 Å². The summed E-state index contributed by atoms with van der Waals surface area (Å²) in [6.07, 6.45) is 2.07. The monoisotopic (exact) mass is 744 g/mol. The van der Waals surface area contributed by atoms with E-state index in [1.807, 2.05) is 0 Å². The molecule has 2 aliphatic heterocycles. The van der Waals surface area contributed by atoms with Gasteiger partial charge in [0, 0.05) is 31.1 Å². The van der Waals surface area contributed by atoms with Crippen molar-refractivity contribution in [3.63, 3.8) is 0 Å². The third-order valence-corrected chi connectivity index (χ3v) is 8.72. The van der Waals surface area contributed by atoms with Crippen LogP contribution in [0.3, 0.4) is 0 Å². The molecule has 1 aromatic heterocycles. The second kappa shape index (κ2) is 18.5. The average Bonchev–Trinajstić information content (AvgIpc) is 3.77. The number of rotatable bonds is 5. The van der Waals surface area contributed by atoms with Crippen LogP contribution < -0.4 is 10.6 Å². The first-order chi connectivity index (χ1) is 25.1. The zero-order valence-corrected chi connectivity index (χ0v) is 29.6. The van der Waals surface area contributed by atoms with E-state index in [2.05, 4.69) is 15.6 Å². The lowest BCUT2D eigenvalue weighted by atomic mass is 9.90. The van der Waals surface area contributed by atoms with Gasteiger partial charge in [0.25, 0.3) is 5.91 Å². The predicted octanol–water partition coefficient (Wildman–Crippen LogP) is 5.17. The number of ketones is 1. The van der Waals surface area contributed by atoms with Gasteiger partial charge in [0.2, 0.25) is 11.8 Å². The number of cyclic esters (lactones) is 1. The van der Waals surface area contributed by atoms with E-state index in [4.69, 9.17) is 13.9 Å². The largest absolute Gasteiger partial charge is 0.460 e. The maximum absolute atomic E-state index is 13.7. The van der Waals surface area contributed by atoms with E-state index in [0.29, 0.717) is 18.4 Å². The summed E-state index contributed by atoms with van der Waals surface area (Å²) in [6.45, 7) is 5.50. The summed E-state index contributed by atoms with van der Waals surface area (Å²) in [4.78, 5) is 70.2. The highest BCUT2D eigenvalue weighted by molar-refractivity contribution is 5.95. The molecule has 1 aromatic carbocycles. The fourth-order valence-electron chi connectivity index (χ4n) is 5.95. The van der Waals surface area contributed by atoms with Crippen LogP contribution in [-0.4, -0.2) is 82.6 Å².